The first-order valence-corrected chi connectivity index (χ1v) is 8.76. The first kappa shape index (κ1) is 18.5. The van der Waals surface area contributed by atoms with E-state index in [9.17, 15) is 9.59 Å². The molecule has 1 aliphatic heterocycles. The van der Waals surface area contributed by atoms with Crippen LogP contribution in [0.2, 0.25) is 0 Å². The zero-order valence-corrected chi connectivity index (χ0v) is 15.6. The van der Waals surface area contributed by atoms with Crippen molar-refractivity contribution in [2.24, 2.45) is 0 Å². The van der Waals surface area contributed by atoms with Crippen LogP contribution in [0.15, 0.2) is 54.2 Å². The monoisotopic (exact) mass is 366 g/mol. The Hall–Kier alpha value is -3.28. The minimum absolute atomic E-state index is 0.231. The number of nitrogens with one attached hydrogen (secondary N) is 1. The van der Waals surface area contributed by atoms with Gasteiger partial charge in [-0.15, -0.1) is 0 Å². The number of carbonyl (C=O) groups excluding carboxylic acids is 2. The summed E-state index contributed by atoms with van der Waals surface area (Å²) in [6, 6.07) is 14.4. The highest BCUT2D eigenvalue weighted by molar-refractivity contribution is 6.36. The third kappa shape index (κ3) is 3.65. The first-order chi connectivity index (χ1) is 13.1. The van der Waals surface area contributed by atoms with Crippen LogP contribution in [0.3, 0.4) is 0 Å². The van der Waals surface area contributed by atoms with E-state index < -0.39 is 0 Å². The summed E-state index contributed by atoms with van der Waals surface area (Å²) in [4.78, 5) is 26.4. The second kappa shape index (κ2) is 7.95. The van der Waals surface area contributed by atoms with Gasteiger partial charge in [0.2, 0.25) is 0 Å². The zero-order chi connectivity index (χ0) is 19.4. The molecular formula is C21H22N2O4. The Kier molecular flexibility index (Phi) is 5.45. The molecule has 2 amide bonds. The fourth-order valence-electron chi connectivity index (χ4n) is 2.85. The lowest BCUT2D eigenvalue weighted by Gasteiger charge is -2.12. The van der Waals surface area contributed by atoms with Gasteiger partial charge in [0, 0.05) is 7.05 Å². The van der Waals surface area contributed by atoms with Gasteiger partial charge in [-0.05, 0) is 36.2 Å². The van der Waals surface area contributed by atoms with E-state index in [0.717, 1.165) is 17.1 Å². The van der Waals surface area contributed by atoms with Crippen LogP contribution in [0.1, 0.15) is 18.9 Å². The average molecular weight is 366 g/mol. The fraction of sp³-hybridized carbons (Fsp3) is 0.238. The van der Waals surface area contributed by atoms with Crippen LogP contribution < -0.4 is 14.8 Å². The Morgan fingerprint density at radius 2 is 1.70 bits per heavy atom. The highest BCUT2D eigenvalue weighted by atomic mass is 16.5. The van der Waals surface area contributed by atoms with Crippen LogP contribution in [0, 0.1) is 0 Å². The zero-order valence-electron chi connectivity index (χ0n) is 15.6. The lowest BCUT2D eigenvalue weighted by atomic mass is 10.0. The summed E-state index contributed by atoms with van der Waals surface area (Å²) in [6.07, 6.45) is 0.914. The number of benzene rings is 2. The first-order valence-electron chi connectivity index (χ1n) is 8.76. The van der Waals surface area contributed by atoms with Gasteiger partial charge in [-0.2, -0.15) is 0 Å². The molecule has 1 N–H and O–H groups in total. The van der Waals surface area contributed by atoms with Crippen molar-refractivity contribution in [3.63, 3.8) is 0 Å². The Balaban J connectivity index is 1.99. The van der Waals surface area contributed by atoms with E-state index in [0.29, 0.717) is 29.2 Å². The van der Waals surface area contributed by atoms with Crippen LogP contribution in [-0.2, 0) is 9.59 Å². The molecule has 6 heteroatoms. The van der Waals surface area contributed by atoms with Crippen LogP contribution in [0.25, 0.3) is 5.57 Å². The summed E-state index contributed by atoms with van der Waals surface area (Å²) in [7, 11) is 3.03. The van der Waals surface area contributed by atoms with Gasteiger partial charge in [0.15, 0.2) is 0 Å². The molecule has 0 fully saturated rings. The van der Waals surface area contributed by atoms with Gasteiger partial charge in [0.1, 0.15) is 17.2 Å². The largest absolute Gasteiger partial charge is 0.495 e. The molecule has 0 saturated heterocycles. The number of hydrogen-bond acceptors (Lipinski definition) is 5. The molecule has 1 heterocycles. The fourth-order valence-corrected chi connectivity index (χ4v) is 2.85. The molecule has 0 saturated carbocycles. The Morgan fingerprint density at radius 1 is 1.00 bits per heavy atom. The van der Waals surface area contributed by atoms with Gasteiger partial charge < -0.3 is 14.8 Å². The molecule has 0 spiro atoms. The van der Waals surface area contributed by atoms with E-state index in [1.165, 1.54) is 7.05 Å². The maximum Gasteiger partial charge on any atom is 0.277 e. The molecule has 0 aliphatic carbocycles. The van der Waals surface area contributed by atoms with E-state index >= 15 is 0 Å². The molecule has 2 aromatic rings. The molecule has 0 unspecified atom stereocenters. The molecule has 0 aromatic heterocycles. The molecule has 6 nitrogen and oxygen atoms in total. The number of ether oxygens (including phenoxy) is 2. The summed E-state index contributed by atoms with van der Waals surface area (Å²) in [5.41, 5.74) is 1.83. The predicted octanol–water partition coefficient (Wildman–Crippen LogP) is 3.31. The van der Waals surface area contributed by atoms with Gasteiger partial charge >= 0.3 is 0 Å². The molecule has 0 atom stereocenters. The quantitative estimate of drug-likeness (QED) is 0.762. The maximum atomic E-state index is 12.7. The molecule has 0 radical (unpaired) electrons. The number of likely N-dealkylation sites (N-methyl/N-ethyl adjacent to an activating group) is 1. The van der Waals surface area contributed by atoms with Crippen molar-refractivity contribution in [1.29, 1.82) is 0 Å². The van der Waals surface area contributed by atoms with Gasteiger partial charge in [0.05, 0.1) is 25.0 Å². The summed E-state index contributed by atoms with van der Waals surface area (Å²) < 4.78 is 10.9. The van der Waals surface area contributed by atoms with Crippen LogP contribution >= 0.6 is 0 Å². The maximum absolute atomic E-state index is 12.7. The number of amides is 2. The third-order valence-corrected chi connectivity index (χ3v) is 4.27. The number of imide groups is 1. The summed E-state index contributed by atoms with van der Waals surface area (Å²) in [5, 5.41) is 3.08. The van der Waals surface area contributed by atoms with Crippen molar-refractivity contribution in [2.75, 3.05) is 26.1 Å². The Morgan fingerprint density at radius 3 is 2.37 bits per heavy atom. The number of anilines is 1. The number of hydrogen-bond donors (Lipinski definition) is 1. The lowest BCUT2D eigenvalue weighted by Crippen LogP contribution is -2.27. The smallest absolute Gasteiger partial charge is 0.277 e. The highest BCUT2D eigenvalue weighted by Gasteiger charge is 2.37. The second-order valence-electron chi connectivity index (χ2n) is 6.12. The van der Waals surface area contributed by atoms with Crippen LogP contribution in [0.4, 0.5) is 5.69 Å². The summed E-state index contributed by atoms with van der Waals surface area (Å²) >= 11 is 0. The van der Waals surface area contributed by atoms with Crippen LogP contribution in [0.5, 0.6) is 11.5 Å². The number of para-hydroxylation sites is 2. The van der Waals surface area contributed by atoms with Crippen molar-refractivity contribution in [2.45, 2.75) is 13.3 Å². The minimum Gasteiger partial charge on any atom is -0.495 e. The van der Waals surface area contributed by atoms with Crippen molar-refractivity contribution in [3.05, 3.63) is 59.8 Å². The van der Waals surface area contributed by atoms with Crippen molar-refractivity contribution in [1.82, 2.24) is 4.90 Å². The van der Waals surface area contributed by atoms with Crippen LogP contribution in [-0.4, -0.2) is 37.5 Å². The number of nitrogens with zero attached hydrogens (tertiary/aromatic N) is 1. The van der Waals surface area contributed by atoms with E-state index in [-0.39, 0.29) is 17.5 Å². The molecular weight excluding hydrogens is 344 g/mol. The number of rotatable bonds is 7. The van der Waals surface area contributed by atoms with E-state index in [4.69, 9.17) is 9.47 Å². The second-order valence-corrected chi connectivity index (χ2v) is 6.12. The standard InChI is InChI=1S/C21H22N2O4/c1-4-13-27-15-11-9-14(10-12-15)18-19(21(25)23(2)20(18)24)22-16-7-5-6-8-17(16)26-3/h5-12,22H,4,13H2,1-3H3. The van der Waals surface area contributed by atoms with E-state index in [2.05, 4.69) is 5.32 Å². The topological polar surface area (TPSA) is 67.9 Å². The molecule has 3 rings (SSSR count). The highest BCUT2D eigenvalue weighted by Crippen LogP contribution is 2.33. The van der Waals surface area contributed by atoms with Gasteiger partial charge in [-0.1, -0.05) is 31.2 Å². The minimum atomic E-state index is -0.382. The molecule has 1 aliphatic rings. The lowest BCUT2D eigenvalue weighted by molar-refractivity contribution is -0.135. The Bertz CT molecular complexity index is 887. The van der Waals surface area contributed by atoms with Crippen molar-refractivity contribution in [3.8, 4) is 11.5 Å². The summed E-state index contributed by atoms with van der Waals surface area (Å²) in [6.45, 7) is 2.66. The normalized spacial score (nSPS) is 14.0. The molecule has 0 bridgehead atoms. The SMILES string of the molecule is CCCOc1ccc(C2=C(Nc3ccccc3OC)C(=O)N(C)C2=O)cc1. The predicted molar refractivity (Wildman–Crippen MR) is 104 cm³/mol. The number of methoxy groups -OCH3 is 1. The van der Waals surface area contributed by atoms with Gasteiger partial charge in [0.25, 0.3) is 11.8 Å². The molecule has 140 valence electrons. The van der Waals surface area contributed by atoms with Crippen molar-refractivity contribution < 1.29 is 19.1 Å². The molecule has 27 heavy (non-hydrogen) atoms. The van der Waals surface area contributed by atoms with Gasteiger partial charge in [-0.25, -0.2) is 0 Å². The number of carbonyl (C=O) groups is 2. The molecule has 2 aromatic carbocycles. The Labute approximate surface area is 158 Å². The van der Waals surface area contributed by atoms with Gasteiger partial charge in [-0.3, -0.25) is 14.5 Å². The third-order valence-electron chi connectivity index (χ3n) is 4.27. The summed E-state index contributed by atoms with van der Waals surface area (Å²) in [5.74, 6) is 0.583. The average Bonchev–Trinajstić information content (AvgIpc) is 2.91. The van der Waals surface area contributed by atoms with E-state index in [1.807, 2.05) is 19.1 Å². The van der Waals surface area contributed by atoms with E-state index in [1.54, 1.807) is 43.5 Å². The van der Waals surface area contributed by atoms with Crippen molar-refractivity contribution >= 4 is 23.1 Å².